The third kappa shape index (κ3) is 3.68. The van der Waals surface area contributed by atoms with Gasteiger partial charge in [0.05, 0.1) is 11.7 Å². The van der Waals surface area contributed by atoms with Crippen molar-refractivity contribution in [2.24, 2.45) is 22.7 Å². The number of ether oxygens (including phenoxy) is 2. The van der Waals surface area contributed by atoms with Crippen LogP contribution in [0.15, 0.2) is 47.8 Å². The molecule has 6 nitrogen and oxygen atoms in total. The van der Waals surface area contributed by atoms with E-state index in [2.05, 4.69) is 38.8 Å². The predicted molar refractivity (Wildman–Crippen MR) is 120 cm³/mol. The summed E-state index contributed by atoms with van der Waals surface area (Å²) in [6, 6.07) is 3.39. The molecule has 4 rings (SSSR count). The number of hydrogen-bond donors (Lipinski definition) is 1. The molecular weight excluding hydrogens is 406 g/mol. The van der Waals surface area contributed by atoms with Crippen molar-refractivity contribution >= 4 is 11.9 Å². The largest absolute Gasteiger partial charge is 0.458 e. The molecule has 0 spiro atoms. The molecule has 0 saturated heterocycles. The lowest BCUT2D eigenvalue weighted by molar-refractivity contribution is -0.191. The van der Waals surface area contributed by atoms with Crippen LogP contribution in [-0.2, 0) is 14.3 Å². The number of hydrogen-bond acceptors (Lipinski definition) is 6. The van der Waals surface area contributed by atoms with Gasteiger partial charge in [0.2, 0.25) is 0 Å². The van der Waals surface area contributed by atoms with Crippen molar-refractivity contribution in [2.75, 3.05) is 6.61 Å². The summed E-state index contributed by atoms with van der Waals surface area (Å²) in [4.78, 5) is 28.4. The minimum Gasteiger partial charge on any atom is -0.458 e. The molecule has 1 aromatic heterocycles. The molecule has 0 amide bonds. The fourth-order valence-corrected chi connectivity index (χ4v) is 6.27. The Morgan fingerprint density at radius 3 is 2.81 bits per heavy atom. The van der Waals surface area contributed by atoms with Crippen LogP contribution >= 0.6 is 0 Å². The van der Waals surface area contributed by atoms with Crippen LogP contribution in [0.2, 0.25) is 0 Å². The molecule has 0 bridgehead atoms. The first kappa shape index (κ1) is 22.7. The zero-order valence-electron chi connectivity index (χ0n) is 19.3. The van der Waals surface area contributed by atoms with Gasteiger partial charge < -0.3 is 14.6 Å². The zero-order valence-corrected chi connectivity index (χ0v) is 19.3. The molecule has 2 aliphatic carbocycles. The Kier molecular flexibility index (Phi) is 6.01. The number of cyclic esters (lactones) is 1. The van der Waals surface area contributed by atoms with Gasteiger partial charge in [-0.05, 0) is 67.6 Å². The average molecular weight is 440 g/mol. The van der Waals surface area contributed by atoms with Gasteiger partial charge in [-0.3, -0.25) is 4.98 Å². The van der Waals surface area contributed by atoms with Crippen LogP contribution in [0.1, 0.15) is 63.7 Å². The van der Waals surface area contributed by atoms with Gasteiger partial charge in [0.25, 0.3) is 0 Å². The number of carbonyl (C=O) groups excluding carboxylic acids is 2. The minimum atomic E-state index is -0.807. The number of carbonyl (C=O) groups is 2. The van der Waals surface area contributed by atoms with Gasteiger partial charge in [0.15, 0.2) is 0 Å². The Labute approximate surface area is 189 Å². The Hall–Kier alpha value is -2.47. The molecule has 1 saturated carbocycles. The Bertz CT molecular complexity index is 954. The number of fused-ring (bicyclic) bond motifs is 1. The van der Waals surface area contributed by atoms with E-state index in [1.165, 1.54) is 6.20 Å². The summed E-state index contributed by atoms with van der Waals surface area (Å²) < 4.78 is 11.1. The minimum absolute atomic E-state index is 0.0863. The molecule has 6 heteroatoms. The first-order valence-electron chi connectivity index (χ1n) is 11.5. The monoisotopic (exact) mass is 439 g/mol. The van der Waals surface area contributed by atoms with Crippen molar-refractivity contribution in [2.45, 2.75) is 65.6 Å². The van der Waals surface area contributed by atoms with Gasteiger partial charge >= 0.3 is 11.9 Å². The number of aliphatic hydroxyl groups excluding tert-OH is 1. The van der Waals surface area contributed by atoms with Crippen molar-refractivity contribution < 1.29 is 24.2 Å². The Balaban J connectivity index is 1.65. The van der Waals surface area contributed by atoms with Crippen LogP contribution < -0.4 is 0 Å². The van der Waals surface area contributed by atoms with Gasteiger partial charge in [-0.15, -0.1) is 0 Å². The van der Waals surface area contributed by atoms with Crippen LogP contribution in [-0.4, -0.2) is 40.8 Å². The topological polar surface area (TPSA) is 85.7 Å². The Morgan fingerprint density at radius 2 is 2.16 bits per heavy atom. The van der Waals surface area contributed by atoms with E-state index in [-0.39, 0.29) is 23.2 Å². The maximum atomic E-state index is 12.9. The summed E-state index contributed by atoms with van der Waals surface area (Å²) in [5.74, 6) is -0.589. The third-order valence-corrected chi connectivity index (χ3v) is 8.57. The van der Waals surface area contributed by atoms with Crippen molar-refractivity contribution in [1.82, 2.24) is 4.98 Å². The fraction of sp³-hybridized carbons (Fsp3) is 0.577. The van der Waals surface area contributed by atoms with Crippen molar-refractivity contribution in [3.63, 3.8) is 0 Å². The molecule has 6 atom stereocenters. The number of pyridine rings is 1. The number of allylic oxidation sites excluding steroid dienone is 1. The second-order valence-electron chi connectivity index (χ2n) is 10.1. The lowest BCUT2D eigenvalue weighted by Gasteiger charge is -2.62. The first-order valence-corrected chi connectivity index (χ1v) is 11.5. The van der Waals surface area contributed by atoms with E-state index in [1.54, 1.807) is 24.4 Å². The average Bonchev–Trinajstić information content (AvgIpc) is 3.21. The normalized spacial score (nSPS) is 36.6. The summed E-state index contributed by atoms with van der Waals surface area (Å²) in [5, 5.41) is 11.5. The molecule has 2 heterocycles. The quantitative estimate of drug-likeness (QED) is 0.545. The summed E-state index contributed by atoms with van der Waals surface area (Å²) in [5.41, 5.74) is 1.89. The summed E-state index contributed by atoms with van der Waals surface area (Å²) in [6.07, 6.45) is 9.01. The maximum absolute atomic E-state index is 12.9. The predicted octanol–water partition coefficient (Wildman–Crippen LogP) is 4.25. The van der Waals surface area contributed by atoms with Gasteiger partial charge in [0, 0.05) is 23.9 Å². The van der Waals surface area contributed by atoms with Gasteiger partial charge in [-0.2, -0.15) is 0 Å². The lowest BCUT2D eigenvalue weighted by atomic mass is 9.45. The molecule has 1 N–H and O–H groups in total. The van der Waals surface area contributed by atoms with Crippen molar-refractivity contribution in [3.8, 4) is 0 Å². The van der Waals surface area contributed by atoms with Gasteiger partial charge in [-0.25, -0.2) is 9.59 Å². The Morgan fingerprint density at radius 1 is 1.38 bits per heavy atom. The third-order valence-electron chi connectivity index (χ3n) is 8.57. The second-order valence-corrected chi connectivity index (χ2v) is 10.1. The molecule has 1 aliphatic heterocycles. The first-order chi connectivity index (χ1) is 15.2. The zero-order chi connectivity index (χ0) is 23.1. The number of aliphatic hydroxyl groups is 1. The highest BCUT2D eigenvalue weighted by Gasteiger charge is 2.62. The van der Waals surface area contributed by atoms with E-state index in [0.717, 1.165) is 36.8 Å². The van der Waals surface area contributed by atoms with E-state index >= 15 is 0 Å². The van der Waals surface area contributed by atoms with E-state index in [1.807, 2.05) is 0 Å². The van der Waals surface area contributed by atoms with E-state index in [0.29, 0.717) is 12.2 Å². The molecule has 1 fully saturated rings. The van der Waals surface area contributed by atoms with E-state index < -0.39 is 23.6 Å². The molecule has 0 aromatic carbocycles. The highest BCUT2D eigenvalue weighted by molar-refractivity contribution is 5.89. The van der Waals surface area contributed by atoms with Crippen LogP contribution in [0.5, 0.6) is 0 Å². The molecule has 1 aromatic rings. The number of aromatic nitrogens is 1. The molecule has 32 heavy (non-hydrogen) atoms. The van der Waals surface area contributed by atoms with E-state index in [9.17, 15) is 14.7 Å². The summed E-state index contributed by atoms with van der Waals surface area (Å²) >= 11 is 0. The van der Waals surface area contributed by atoms with Crippen molar-refractivity contribution in [3.05, 3.63) is 53.4 Å². The van der Waals surface area contributed by atoms with E-state index in [4.69, 9.17) is 9.47 Å². The van der Waals surface area contributed by atoms with Crippen LogP contribution in [0.3, 0.4) is 0 Å². The number of rotatable bonds is 5. The SMILES string of the molecule is CC1=CCCC2C(C)(CCC3=CC(=O)OC3)C(C)C(O)C(OC(=O)c3cccnc3)C12C. The highest BCUT2D eigenvalue weighted by atomic mass is 16.6. The van der Waals surface area contributed by atoms with Crippen LogP contribution in [0.25, 0.3) is 0 Å². The number of nitrogens with zero attached hydrogens (tertiary/aromatic N) is 1. The fourth-order valence-electron chi connectivity index (χ4n) is 6.27. The van der Waals surface area contributed by atoms with Crippen LogP contribution in [0.4, 0.5) is 0 Å². The summed E-state index contributed by atoms with van der Waals surface area (Å²) in [6.45, 7) is 8.90. The highest BCUT2D eigenvalue weighted by Crippen LogP contribution is 2.62. The number of esters is 2. The molecular formula is C26H33NO5. The lowest BCUT2D eigenvalue weighted by Crippen LogP contribution is -2.64. The van der Waals surface area contributed by atoms with Gasteiger partial charge in [-0.1, -0.05) is 32.4 Å². The summed E-state index contributed by atoms with van der Waals surface area (Å²) in [7, 11) is 0. The molecule has 3 aliphatic rings. The standard InChI is InChI=1S/C26H33NO5/c1-16-7-5-9-20-25(3,11-10-18-13-21(28)31-15-18)17(2)22(29)23(26(16,20)4)32-24(30)19-8-6-12-27-14-19/h6-8,12-14,17,20,22-23,29H,5,9-11,15H2,1-4H3. The molecule has 6 unspecified atom stereocenters. The second kappa shape index (κ2) is 8.47. The molecule has 0 radical (unpaired) electrons. The van der Waals surface area contributed by atoms with Gasteiger partial charge in [0.1, 0.15) is 12.7 Å². The van der Waals surface area contributed by atoms with Crippen molar-refractivity contribution in [1.29, 1.82) is 0 Å². The maximum Gasteiger partial charge on any atom is 0.340 e. The molecule has 172 valence electrons. The van der Waals surface area contributed by atoms with Crippen LogP contribution in [0, 0.1) is 22.7 Å². The smallest absolute Gasteiger partial charge is 0.340 e.